The fourth-order valence-electron chi connectivity index (χ4n) is 3.18. The monoisotopic (exact) mass is 403 g/mol. The lowest BCUT2D eigenvalue weighted by molar-refractivity contribution is 0.0844. The third kappa shape index (κ3) is 4.72. The first kappa shape index (κ1) is 19.4. The summed E-state index contributed by atoms with van der Waals surface area (Å²) >= 11 is 0. The molecule has 0 spiro atoms. The topological polar surface area (TPSA) is 109 Å². The van der Waals surface area contributed by atoms with Crippen LogP contribution in [0.4, 0.5) is 4.79 Å². The highest BCUT2D eigenvalue weighted by molar-refractivity contribution is 5.65. The molecule has 0 radical (unpaired) electrons. The highest BCUT2D eigenvalue weighted by atomic mass is 16.6. The van der Waals surface area contributed by atoms with Crippen LogP contribution in [0.2, 0.25) is 0 Å². The minimum absolute atomic E-state index is 0.190. The lowest BCUT2D eigenvalue weighted by Gasteiger charge is -2.10. The van der Waals surface area contributed by atoms with Crippen molar-refractivity contribution in [2.24, 2.45) is 12.8 Å². The van der Waals surface area contributed by atoms with Gasteiger partial charge in [-0.05, 0) is 16.7 Å². The largest absolute Gasteiger partial charge is 0.436 e. The Balaban J connectivity index is 1.47. The molecule has 2 heterocycles. The molecule has 2 aromatic heterocycles. The van der Waals surface area contributed by atoms with Crippen LogP contribution in [0.1, 0.15) is 29.1 Å². The van der Waals surface area contributed by atoms with Crippen molar-refractivity contribution >= 4 is 6.09 Å². The van der Waals surface area contributed by atoms with Crippen molar-refractivity contribution in [3.05, 3.63) is 90.1 Å². The van der Waals surface area contributed by atoms with E-state index in [1.165, 1.54) is 0 Å². The summed E-state index contributed by atoms with van der Waals surface area (Å²) in [7, 11) is 1.86. The van der Waals surface area contributed by atoms with Crippen LogP contribution in [0.3, 0.4) is 0 Å². The zero-order valence-electron chi connectivity index (χ0n) is 16.4. The number of benzene rings is 2. The molecule has 30 heavy (non-hydrogen) atoms. The second kappa shape index (κ2) is 8.60. The SMILES string of the molecule is Cn1cnc(CC(OC(N)=O)c2nc(Cc3ccc(-c4ccccc4)cc3)no2)c1. The summed E-state index contributed by atoms with van der Waals surface area (Å²) in [6.45, 7) is 0. The van der Waals surface area contributed by atoms with Crippen molar-refractivity contribution in [3.8, 4) is 11.1 Å². The Morgan fingerprint density at radius 1 is 1.13 bits per heavy atom. The molecule has 152 valence electrons. The second-order valence-corrected chi connectivity index (χ2v) is 6.95. The van der Waals surface area contributed by atoms with Crippen molar-refractivity contribution in [2.75, 3.05) is 0 Å². The molecule has 0 fully saturated rings. The van der Waals surface area contributed by atoms with Crippen molar-refractivity contribution in [2.45, 2.75) is 18.9 Å². The van der Waals surface area contributed by atoms with Crippen LogP contribution in [0.5, 0.6) is 0 Å². The number of primary amides is 1. The number of imidazole rings is 1. The Hall–Kier alpha value is -3.94. The van der Waals surface area contributed by atoms with E-state index in [0.717, 1.165) is 22.4 Å². The van der Waals surface area contributed by atoms with Gasteiger partial charge in [-0.2, -0.15) is 4.98 Å². The molecule has 1 atom stereocenters. The number of carbonyl (C=O) groups excluding carboxylic acids is 1. The van der Waals surface area contributed by atoms with Gasteiger partial charge in [-0.3, -0.25) is 0 Å². The predicted molar refractivity (Wildman–Crippen MR) is 109 cm³/mol. The van der Waals surface area contributed by atoms with E-state index >= 15 is 0 Å². The standard InChI is InChI=1S/C22H21N5O3/c1-27-13-18(24-14-27)12-19(29-22(23)28)21-25-20(26-30-21)11-15-7-9-17(10-8-15)16-5-3-2-4-6-16/h2-10,13-14,19H,11-12H2,1H3,(H2,23,28). The number of rotatable bonds is 7. The number of aryl methyl sites for hydroxylation is 1. The molecule has 8 heteroatoms. The van der Waals surface area contributed by atoms with Gasteiger partial charge < -0.3 is 19.6 Å². The third-order valence-electron chi connectivity index (χ3n) is 4.59. The Bertz CT molecular complexity index is 1120. The van der Waals surface area contributed by atoms with Crippen LogP contribution >= 0.6 is 0 Å². The normalized spacial score (nSPS) is 11.9. The maximum absolute atomic E-state index is 11.3. The lowest BCUT2D eigenvalue weighted by atomic mass is 10.0. The van der Waals surface area contributed by atoms with E-state index in [-0.39, 0.29) is 12.3 Å². The van der Waals surface area contributed by atoms with Crippen LogP contribution in [0.25, 0.3) is 11.1 Å². The number of nitrogens with two attached hydrogens (primary N) is 1. The third-order valence-corrected chi connectivity index (χ3v) is 4.59. The molecule has 2 N–H and O–H groups in total. The molecule has 0 bridgehead atoms. The molecule has 0 saturated heterocycles. The van der Waals surface area contributed by atoms with Gasteiger partial charge in [0.15, 0.2) is 11.9 Å². The lowest BCUT2D eigenvalue weighted by Crippen LogP contribution is -2.19. The zero-order chi connectivity index (χ0) is 20.9. The van der Waals surface area contributed by atoms with E-state index in [0.29, 0.717) is 12.2 Å². The van der Waals surface area contributed by atoms with Gasteiger partial charge in [0.2, 0.25) is 0 Å². The molecule has 2 aromatic carbocycles. The predicted octanol–water partition coefficient (Wildman–Crippen LogP) is 3.44. The first-order valence-corrected chi connectivity index (χ1v) is 9.46. The average Bonchev–Trinajstić information content (AvgIpc) is 3.37. The number of aromatic nitrogens is 4. The van der Waals surface area contributed by atoms with E-state index in [1.54, 1.807) is 10.9 Å². The number of hydrogen-bond acceptors (Lipinski definition) is 6. The van der Waals surface area contributed by atoms with E-state index < -0.39 is 12.2 Å². The fraction of sp³-hybridized carbons (Fsp3) is 0.182. The quantitative estimate of drug-likeness (QED) is 0.506. The molecular weight excluding hydrogens is 382 g/mol. The molecule has 0 aliphatic rings. The molecule has 4 rings (SSSR count). The molecule has 0 aliphatic heterocycles. The fourth-order valence-corrected chi connectivity index (χ4v) is 3.18. The van der Waals surface area contributed by atoms with E-state index in [1.807, 2.05) is 43.6 Å². The number of amides is 1. The molecule has 0 aliphatic carbocycles. The van der Waals surface area contributed by atoms with E-state index in [9.17, 15) is 4.79 Å². The first-order valence-electron chi connectivity index (χ1n) is 9.46. The van der Waals surface area contributed by atoms with Crippen molar-refractivity contribution in [1.29, 1.82) is 0 Å². The van der Waals surface area contributed by atoms with Gasteiger partial charge >= 0.3 is 6.09 Å². The summed E-state index contributed by atoms with van der Waals surface area (Å²) in [5, 5.41) is 4.02. The van der Waals surface area contributed by atoms with E-state index in [4.69, 9.17) is 15.0 Å². The highest BCUT2D eigenvalue weighted by Gasteiger charge is 2.24. The Kier molecular flexibility index (Phi) is 5.56. The maximum Gasteiger partial charge on any atom is 0.405 e. The summed E-state index contributed by atoms with van der Waals surface area (Å²) in [4.78, 5) is 19.9. The first-order chi connectivity index (χ1) is 14.6. The summed E-state index contributed by atoms with van der Waals surface area (Å²) in [6, 6.07) is 18.3. The van der Waals surface area contributed by atoms with Crippen molar-refractivity contribution in [1.82, 2.24) is 19.7 Å². The molecule has 1 unspecified atom stereocenters. The molecular formula is C22H21N5O3. The molecule has 8 nitrogen and oxygen atoms in total. The van der Waals surface area contributed by atoms with Gasteiger partial charge in [0, 0.05) is 26.1 Å². The van der Waals surface area contributed by atoms with Crippen LogP contribution in [-0.2, 0) is 24.6 Å². The summed E-state index contributed by atoms with van der Waals surface area (Å²) in [6.07, 6.45) is 2.56. The van der Waals surface area contributed by atoms with Gasteiger partial charge in [0.05, 0.1) is 12.0 Å². The van der Waals surface area contributed by atoms with Gasteiger partial charge in [-0.1, -0.05) is 59.8 Å². The van der Waals surface area contributed by atoms with Crippen molar-refractivity contribution in [3.63, 3.8) is 0 Å². The van der Waals surface area contributed by atoms with Gasteiger partial charge in [-0.15, -0.1) is 0 Å². The average molecular weight is 403 g/mol. The molecule has 0 saturated carbocycles. The summed E-state index contributed by atoms with van der Waals surface area (Å²) in [5.74, 6) is 0.687. The van der Waals surface area contributed by atoms with Crippen LogP contribution in [-0.4, -0.2) is 25.8 Å². The highest BCUT2D eigenvalue weighted by Crippen LogP contribution is 2.22. The van der Waals surface area contributed by atoms with Gasteiger partial charge in [-0.25, -0.2) is 9.78 Å². The van der Waals surface area contributed by atoms with Gasteiger partial charge in [0.1, 0.15) is 0 Å². The number of hydrogen-bond donors (Lipinski definition) is 1. The number of carbonyl (C=O) groups is 1. The minimum Gasteiger partial charge on any atom is -0.436 e. The van der Waals surface area contributed by atoms with Crippen molar-refractivity contribution < 1.29 is 14.1 Å². The second-order valence-electron chi connectivity index (χ2n) is 6.95. The Morgan fingerprint density at radius 3 is 2.53 bits per heavy atom. The maximum atomic E-state index is 11.3. The van der Waals surface area contributed by atoms with Crippen LogP contribution in [0, 0.1) is 0 Å². The summed E-state index contributed by atoms with van der Waals surface area (Å²) in [5.41, 5.74) is 9.27. The Morgan fingerprint density at radius 2 is 1.87 bits per heavy atom. The zero-order valence-corrected chi connectivity index (χ0v) is 16.4. The number of ether oxygens (including phenoxy) is 1. The minimum atomic E-state index is -0.910. The van der Waals surface area contributed by atoms with E-state index in [2.05, 4.69) is 39.4 Å². The number of nitrogens with zero attached hydrogens (tertiary/aromatic N) is 4. The Labute approximate surface area is 173 Å². The smallest absolute Gasteiger partial charge is 0.405 e. The molecule has 1 amide bonds. The van der Waals surface area contributed by atoms with Crippen LogP contribution < -0.4 is 5.73 Å². The molecule has 4 aromatic rings. The van der Waals surface area contributed by atoms with Crippen LogP contribution in [0.15, 0.2) is 71.6 Å². The van der Waals surface area contributed by atoms with Gasteiger partial charge in [0.25, 0.3) is 5.89 Å². The summed E-state index contributed by atoms with van der Waals surface area (Å²) < 4.78 is 12.3.